The summed E-state index contributed by atoms with van der Waals surface area (Å²) in [5, 5.41) is 0. The largest absolute Gasteiger partial charge is 0.458 e. The Morgan fingerprint density at radius 2 is 2.15 bits per heavy atom. The third kappa shape index (κ3) is 8.86. The van der Waals surface area contributed by atoms with Crippen molar-refractivity contribution in [1.82, 2.24) is 0 Å². The Morgan fingerprint density at radius 1 is 1.38 bits per heavy atom. The maximum absolute atomic E-state index is 10.6. The van der Waals surface area contributed by atoms with Gasteiger partial charge in [0.25, 0.3) is 0 Å². The van der Waals surface area contributed by atoms with Crippen LogP contribution in [0.25, 0.3) is 0 Å². The lowest BCUT2D eigenvalue weighted by Crippen LogP contribution is -1.98. The Balaban J connectivity index is 3.21. The van der Waals surface area contributed by atoms with E-state index in [0.29, 0.717) is 6.61 Å². The van der Waals surface area contributed by atoms with Gasteiger partial charge in [0, 0.05) is 6.08 Å². The third-order valence-corrected chi connectivity index (χ3v) is 1.63. The Morgan fingerprint density at radius 3 is 2.77 bits per heavy atom. The van der Waals surface area contributed by atoms with Crippen molar-refractivity contribution in [3.8, 4) is 0 Å². The minimum Gasteiger partial charge on any atom is -0.458 e. The molecule has 13 heavy (non-hydrogen) atoms. The molecule has 0 aromatic carbocycles. The van der Waals surface area contributed by atoms with Gasteiger partial charge in [0.05, 0.1) is 0 Å². The summed E-state index contributed by atoms with van der Waals surface area (Å²) in [6.07, 6.45) is 9.87. The molecule has 0 saturated heterocycles. The highest BCUT2D eigenvalue weighted by Gasteiger charge is 1.89. The molecule has 0 radical (unpaired) electrons. The van der Waals surface area contributed by atoms with E-state index in [1.807, 2.05) is 12.2 Å². The van der Waals surface area contributed by atoms with Crippen molar-refractivity contribution >= 4 is 5.97 Å². The van der Waals surface area contributed by atoms with E-state index in [9.17, 15) is 4.79 Å². The van der Waals surface area contributed by atoms with Crippen LogP contribution in [-0.4, -0.2) is 12.6 Å². The zero-order chi connectivity index (χ0) is 9.94. The highest BCUT2D eigenvalue weighted by Crippen LogP contribution is 1.99. The van der Waals surface area contributed by atoms with Crippen molar-refractivity contribution in [2.45, 2.75) is 32.6 Å². The summed E-state index contributed by atoms with van der Waals surface area (Å²) in [7, 11) is 0. The van der Waals surface area contributed by atoms with Gasteiger partial charge in [-0.1, -0.05) is 38.5 Å². The molecule has 2 heteroatoms. The maximum atomic E-state index is 10.6. The molecule has 0 heterocycles. The van der Waals surface area contributed by atoms with E-state index >= 15 is 0 Å². The molecular weight excluding hydrogens is 164 g/mol. The van der Waals surface area contributed by atoms with E-state index in [1.54, 1.807) is 0 Å². The van der Waals surface area contributed by atoms with Crippen molar-refractivity contribution in [2.24, 2.45) is 0 Å². The molecule has 0 aliphatic carbocycles. The second-order valence-electron chi connectivity index (χ2n) is 2.80. The molecule has 0 spiro atoms. The number of allylic oxidation sites excluding steroid dienone is 1. The summed E-state index contributed by atoms with van der Waals surface area (Å²) in [4.78, 5) is 10.6. The first-order valence-electron chi connectivity index (χ1n) is 4.75. The Bertz CT molecular complexity index is 171. The highest BCUT2D eigenvalue weighted by atomic mass is 16.5. The van der Waals surface area contributed by atoms with Crippen molar-refractivity contribution in [2.75, 3.05) is 6.61 Å². The van der Waals surface area contributed by atoms with Crippen molar-refractivity contribution in [1.29, 1.82) is 0 Å². The van der Waals surface area contributed by atoms with E-state index in [0.717, 1.165) is 6.42 Å². The summed E-state index contributed by atoms with van der Waals surface area (Å²) >= 11 is 0. The summed E-state index contributed by atoms with van der Waals surface area (Å²) in [5.41, 5.74) is 0. The van der Waals surface area contributed by atoms with Gasteiger partial charge >= 0.3 is 5.97 Å². The number of unbranched alkanes of at least 4 members (excludes halogenated alkanes) is 3. The molecule has 0 aliphatic heterocycles. The number of ether oxygens (including phenoxy) is 1. The Hall–Kier alpha value is -1.05. The lowest BCUT2D eigenvalue weighted by molar-refractivity contribution is -0.136. The molecule has 0 rings (SSSR count). The van der Waals surface area contributed by atoms with Crippen LogP contribution in [0.5, 0.6) is 0 Å². The molecular formula is C11H18O2. The van der Waals surface area contributed by atoms with E-state index in [2.05, 4.69) is 13.5 Å². The van der Waals surface area contributed by atoms with E-state index in [1.165, 1.54) is 25.3 Å². The van der Waals surface area contributed by atoms with E-state index in [-0.39, 0.29) is 5.97 Å². The van der Waals surface area contributed by atoms with Gasteiger partial charge in [-0.15, -0.1) is 0 Å². The number of rotatable bonds is 7. The first kappa shape index (κ1) is 11.9. The monoisotopic (exact) mass is 182 g/mol. The quantitative estimate of drug-likeness (QED) is 0.262. The Kier molecular flexibility index (Phi) is 8.31. The molecule has 0 aromatic heterocycles. The fraction of sp³-hybridized carbons (Fsp3) is 0.545. The fourth-order valence-electron chi connectivity index (χ4n) is 0.887. The van der Waals surface area contributed by atoms with Crippen LogP contribution in [-0.2, 0) is 9.53 Å². The predicted octanol–water partition coefficient (Wildman–Crippen LogP) is 2.85. The smallest absolute Gasteiger partial charge is 0.330 e. The molecule has 74 valence electrons. The van der Waals surface area contributed by atoms with Gasteiger partial charge in [0.15, 0.2) is 0 Å². The number of hydrogen-bond donors (Lipinski definition) is 0. The molecule has 0 N–H and O–H groups in total. The SMILES string of the molecule is C=CC(=O)OC/C=C/CCCCC. The first-order chi connectivity index (χ1) is 6.31. The van der Waals surface area contributed by atoms with Crippen molar-refractivity contribution < 1.29 is 9.53 Å². The van der Waals surface area contributed by atoms with Crippen LogP contribution in [0.3, 0.4) is 0 Å². The molecule has 0 saturated carbocycles. The zero-order valence-electron chi connectivity index (χ0n) is 8.29. The number of carbonyl (C=O) groups excluding carboxylic acids is 1. The van der Waals surface area contributed by atoms with Crippen LogP contribution in [0, 0.1) is 0 Å². The van der Waals surface area contributed by atoms with Crippen LogP contribution in [0.15, 0.2) is 24.8 Å². The van der Waals surface area contributed by atoms with Crippen LogP contribution in [0.2, 0.25) is 0 Å². The molecule has 0 aromatic rings. The van der Waals surface area contributed by atoms with Gasteiger partial charge in [-0.25, -0.2) is 4.79 Å². The summed E-state index contributed by atoms with van der Waals surface area (Å²) in [6.45, 7) is 5.84. The second kappa shape index (κ2) is 9.04. The maximum Gasteiger partial charge on any atom is 0.330 e. The molecule has 0 bridgehead atoms. The summed E-state index contributed by atoms with van der Waals surface area (Å²) in [6, 6.07) is 0. The predicted molar refractivity (Wildman–Crippen MR) is 54.4 cm³/mol. The zero-order valence-corrected chi connectivity index (χ0v) is 8.29. The summed E-state index contributed by atoms with van der Waals surface area (Å²) in [5.74, 6) is -0.363. The average Bonchev–Trinajstić information content (AvgIpc) is 2.16. The van der Waals surface area contributed by atoms with Crippen LogP contribution >= 0.6 is 0 Å². The second-order valence-corrected chi connectivity index (χ2v) is 2.80. The first-order valence-corrected chi connectivity index (χ1v) is 4.75. The number of hydrogen-bond acceptors (Lipinski definition) is 2. The number of carbonyl (C=O) groups is 1. The average molecular weight is 182 g/mol. The molecule has 0 atom stereocenters. The summed E-state index contributed by atoms with van der Waals surface area (Å²) < 4.78 is 4.75. The van der Waals surface area contributed by atoms with Crippen LogP contribution < -0.4 is 0 Å². The Labute approximate surface area is 80.3 Å². The number of esters is 1. The highest BCUT2D eigenvalue weighted by molar-refractivity contribution is 5.81. The van der Waals surface area contributed by atoms with Crippen LogP contribution in [0.4, 0.5) is 0 Å². The molecule has 0 fully saturated rings. The lowest BCUT2D eigenvalue weighted by atomic mass is 10.2. The lowest BCUT2D eigenvalue weighted by Gasteiger charge is -1.95. The molecule has 0 amide bonds. The van der Waals surface area contributed by atoms with Crippen molar-refractivity contribution in [3.05, 3.63) is 24.8 Å². The molecule has 2 nitrogen and oxygen atoms in total. The normalized spacial score (nSPS) is 10.2. The fourth-order valence-corrected chi connectivity index (χ4v) is 0.887. The van der Waals surface area contributed by atoms with Crippen molar-refractivity contribution in [3.63, 3.8) is 0 Å². The van der Waals surface area contributed by atoms with Gasteiger partial charge in [-0.2, -0.15) is 0 Å². The molecule has 0 aliphatic rings. The minimum atomic E-state index is -0.363. The van der Waals surface area contributed by atoms with Gasteiger partial charge in [-0.05, 0) is 12.8 Å². The third-order valence-electron chi connectivity index (χ3n) is 1.63. The van der Waals surface area contributed by atoms with E-state index < -0.39 is 0 Å². The van der Waals surface area contributed by atoms with E-state index in [4.69, 9.17) is 4.74 Å². The topological polar surface area (TPSA) is 26.3 Å². The van der Waals surface area contributed by atoms with Gasteiger partial charge in [-0.3, -0.25) is 0 Å². The van der Waals surface area contributed by atoms with Gasteiger partial charge in [0.1, 0.15) is 6.61 Å². The minimum absolute atomic E-state index is 0.358. The van der Waals surface area contributed by atoms with Gasteiger partial charge in [0.2, 0.25) is 0 Å². The standard InChI is InChI=1S/C11H18O2/c1-3-5-6-7-8-9-10-13-11(12)4-2/h4,8-9H,2-3,5-7,10H2,1H3/b9-8+. The molecule has 0 unspecified atom stereocenters. The van der Waals surface area contributed by atoms with Gasteiger partial charge < -0.3 is 4.74 Å². The van der Waals surface area contributed by atoms with Crippen LogP contribution in [0.1, 0.15) is 32.6 Å².